The molecule has 0 fully saturated rings. The molecule has 0 unspecified atom stereocenters. The lowest BCUT2D eigenvalue weighted by Crippen LogP contribution is -2.35. The van der Waals surface area contributed by atoms with Gasteiger partial charge in [-0.05, 0) is 11.6 Å². The van der Waals surface area contributed by atoms with Crippen molar-refractivity contribution in [2.45, 2.75) is 18.2 Å². The second-order valence-corrected chi connectivity index (χ2v) is 5.71. The van der Waals surface area contributed by atoms with E-state index < -0.39 is 38.4 Å². The fourth-order valence-electron chi connectivity index (χ4n) is 2.01. The Kier molecular flexibility index (Phi) is 4.28. The summed E-state index contributed by atoms with van der Waals surface area (Å²) in [6.45, 7) is -0.573. The molecule has 1 aliphatic rings. The van der Waals surface area contributed by atoms with E-state index in [2.05, 4.69) is 9.51 Å². The Labute approximate surface area is 118 Å². The number of aliphatic hydroxyl groups is 2. The maximum absolute atomic E-state index is 11.7. The number of aliphatic hydroxyl groups excluding tert-OH is 2. The Morgan fingerprint density at radius 3 is 2.67 bits per heavy atom. The highest BCUT2D eigenvalue weighted by atomic mass is 31.2. The van der Waals surface area contributed by atoms with E-state index in [9.17, 15) is 19.6 Å². The minimum atomic E-state index is -4.70. The van der Waals surface area contributed by atoms with E-state index in [1.54, 1.807) is 0 Å². The Morgan fingerprint density at radius 1 is 1.43 bits per heavy atom. The molecule has 21 heavy (non-hydrogen) atoms. The van der Waals surface area contributed by atoms with Crippen LogP contribution in [-0.4, -0.2) is 48.4 Å². The van der Waals surface area contributed by atoms with Crippen molar-refractivity contribution in [2.24, 2.45) is 0 Å². The van der Waals surface area contributed by atoms with Crippen molar-refractivity contribution >= 4 is 13.6 Å². The first-order valence-corrected chi connectivity index (χ1v) is 7.33. The number of hydrogen-bond acceptors (Lipinski definition) is 7. The number of hydrogen-bond donors (Lipinski definition) is 5. The van der Waals surface area contributed by atoms with Crippen molar-refractivity contribution in [3.63, 3.8) is 0 Å². The summed E-state index contributed by atoms with van der Waals surface area (Å²) in [5, 5.41) is 19.8. The Bertz CT molecular complexity index is 667. The maximum Gasteiger partial charge on any atom is 0.469 e. The fourth-order valence-corrected chi connectivity index (χ4v) is 2.33. The molecule has 0 aromatic carbocycles. The molecule has 3 atom stereocenters. The summed E-state index contributed by atoms with van der Waals surface area (Å²) < 4.78 is 16.0. The van der Waals surface area contributed by atoms with Crippen molar-refractivity contribution in [1.82, 2.24) is 9.55 Å². The predicted octanol–water partition coefficient (Wildman–Crippen LogP) is -1.86. The highest BCUT2D eigenvalue weighted by Crippen LogP contribution is 2.38. The van der Waals surface area contributed by atoms with E-state index in [0.717, 1.165) is 4.57 Å². The number of nitrogens with two attached hydrogens (primary N) is 1. The summed E-state index contributed by atoms with van der Waals surface area (Å²) in [6.07, 6.45) is -0.187. The van der Waals surface area contributed by atoms with E-state index in [-0.39, 0.29) is 11.4 Å². The Morgan fingerprint density at radius 2 is 2.10 bits per heavy atom. The molecule has 0 saturated carbocycles. The van der Waals surface area contributed by atoms with Gasteiger partial charge in [0.05, 0.1) is 12.6 Å². The van der Waals surface area contributed by atoms with Gasteiger partial charge in [-0.3, -0.25) is 9.09 Å². The van der Waals surface area contributed by atoms with Gasteiger partial charge < -0.3 is 25.7 Å². The van der Waals surface area contributed by atoms with Crippen molar-refractivity contribution in [3.05, 3.63) is 34.4 Å². The Balaban J connectivity index is 2.26. The lowest BCUT2D eigenvalue weighted by Gasteiger charge is -2.19. The number of phosphoric acid groups is 1. The van der Waals surface area contributed by atoms with Crippen molar-refractivity contribution < 1.29 is 29.1 Å². The molecule has 1 aromatic rings. The molecule has 0 saturated heterocycles. The molecule has 6 N–H and O–H groups in total. The van der Waals surface area contributed by atoms with Crippen molar-refractivity contribution in [1.29, 1.82) is 0 Å². The third-order valence-corrected chi connectivity index (χ3v) is 3.48. The molecule has 11 heteroatoms. The third kappa shape index (κ3) is 3.56. The average molecular weight is 319 g/mol. The van der Waals surface area contributed by atoms with Crippen LogP contribution < -0.4 is 11.4 Å². The summed E-state index contributed by atoms with van der Waals surface area (Å²) in [7, 11) is -4.70. The van der Waals surface area contributed by atoms with Gasteiger partial charge in [-0.25, -0.2) is 9.36 Å². The van der Waals surface area contributed by atoms with Crippen LogP contribution in [0.25, 0.3) is 0 Å². The van der Waals surface area contributed by atoms with Crippen LogP contribution in [0.4, 0.5) is 5.82 Å². The number of aromatic nitrogens is 2. The van der Waals surface area contributed by atoms with Crippen LogP contribution in [0.1, 0.15) is 6.04 Å². The lowest BCUT2D eigenvalue weighted by atomic mass is 10.1. The molecule has 0 radical (unpaired) electrons. The molecule has 116 valence electrons. The smallest absolute Gasteiger partial charge is 0.388 e. The summed E-state index contributed by atoms with van der Waals surface area (Å²) in [5.74, 6) is 0.0123. The minimum Gasteiger partial charge on any atom is -0.388 e. The summed E-state index contributed by atoms with van der Waals surface area (Å²) in [4.78, 5) is 32.4. The monoisotopic (exact) mass is 319 g/mol. The van der Waals surface area contributed by atoms with Crippen LogP contribution in [-0.2, 0) is 9.09 Å². The average Bonchev–Trinajstić information content (AvgIpc) is 2.64. The van der Waals surface area contributed by atoms with E-state index >= 15 is 0 Å². The molecule has 1 heterocycles. The second kappa shape index (κ2) is 5.68. The van der Waals surface area contributed by atoms with Crippen LogP contribution >= 0.6 is 7.82 Å². The maximum atomic E-state index is 11.7. The minimum absolute atomic E-state index is 0.0123. The number of anilines is 1. The topological polar surface area (TPSA) is 168 Å². The van der Waals surface area contributed by atoms with Gasteiger partial charge in [-0.15, -0.1) is 0 Å². The SMILES string of the molecule is Nc1ccn([C@@H]2C=C(COP(=O)(O)O)[C@@H](O)[C@H]2O)c(=O)n1. The highest BCUT2D eigenvalue weighted by Gasteiger charge is 2.37. The zero-order valence-electron chi connectivity index (χ0n) is 10.6. The summed E-state index contributed by atoms with van der Waals surface area (Å²) in [5.41, 5.74) is 4.69. The van der Waals surface area contributed by atoms with Gasteiger partial charge in [-0.1, -0.05) is 6.08 Å². The molecule has 0 spiro atoms. The quantitative estimate of drug-likeness (QED) is 0.315. The molecule has 1 aliphatic carbocycles. The van der Waals surface area contributed by atoms with E-state index in [0.29, 0.717) is 0 Å². The van der Waals surface area contributed by atoms with E-state index in [4.69, 9.17) is 15.5 Å². The zero-order chi connectivity index (χ0) is 15.8. The summed E-state index contributed by atoms with van der Waals surface area (Å²) in [6, 6.07) is 0.411. The summed E-state index contributed by atoms with van der Waals surface area (Å²) >= 11 is 0. The molecule has 10 nitrogen and oxygen atoms in total. The fraction of sp³-hybridized carbons (Fsp3) is 0.400. The number of phosphoric ester groups is 1. The van der Waals surface area contributed by atoms with Crippen LogP contribution in [0, 0.1) is 0 Å². The van der Waals surface area contributed by atoms with Crippen molar-refractivity contribution in [2.75, 3.05) is 12.3 Å². The van der Waals surface area contributed by atoms with Crippen molar-refractivity contribution in [3.8, 4) is 0 Å². The van der Waals surface area contributed by atoms with Gasteiger partial charge in [-0.2, -0.15) is 4.98 Å². The van der Waals surface area contributed by atoms with Crippen LogP contribution in [0.5, 0.6) is 0 Å². The largest absolute Gasteiger partial charge is 0.469 e. The van der Waals surface area contributed by atoms with Gasteiger partial charge in [0, 0.05) is 6.20 Å². The first-order valence-electron chi connectivity index (χ1n) is 5.80. The van der Waals surface area contributed by atoms with Crippen LogP contribution in [0.15, 0.2) is 28.7 Å². The molecular weight excluding hydrogens is 305 g/mol. The first kappa shape index (κ1) is 15.8. The molecule has 0 aliphatic heterocycles. The third-order valence-electron chi connectivity index (χ3n) is 3.01. The highest BCUT2D eigenvalue weighted by molar-refractivity contribution is 7.46. The lowest BCUT2D eigenvalue weighted by molar-refractivity contribution is 0.0270. The molecule has 1 aromatic heterocycles. The standard InChI is InChI=1S/C10H14N3O7P/c11-7-1-2-13(10(16)12-7)6-3-5(8(14)9(6)15)4-20-21(17,18)19/h1-3,6,8-9,14-15H,4H2,(H2,11,12,16)(H2,17,18,19)/t6-,8-,9+/m1/s1. The molecular formula is C10H14N3O7P. The van der Waals surface area contributed by atoms with Crippen LogP contribution in [0.2, 0.25) is 0 Å². The van der Waals surface area contributed by atoms with Gasteiger partial charge >= 0.3 is 13.5 Å². The number of nitrogens with zero attached hydrogens (tertiary/aromatic N) is 2. The number of rotatable bonds is 4. The van der Waals surface area contributed by atoms with Gasteiger partial charge in [0.15, 0.2) is 0 Å². The molecule has 0 amide bonds. The van der Waals surface area contributed by atoms with E-state index in [1.807, 2.05) is 0 Å². The predicted molar refractivity (Wildman–Crippen MR) is 70.0 cm³/mol. The molecule has 2 rings (SSSR count). The molecule has 0 bridgehead atoms. The Hall–Kier alpha value is -1.55. The van der Waals surface area contributed by atoms with Gasteiger partial charge in [0.1, 0.15) is 18.0 Å². The number of nitrogen functional groups attached to an aromatic ring is 1. The zero-order valence-corrected chi connectivity index (χ0v) is 11.5. The normalized spacial score (nSPS) is 25.9. The van der Waals surface area contributed by atoms with E-state index in [1.165, 1.54) is 18.3 Å². The first-order chi connectivity index (χ1) is 9.69. The second-order valence-electron chi connectivity index (χ2n) is 4.47. The van der Waals surface area contributed by atoms with Crippen LogP contribution in [0.3, 0.4) is 0 Å². The van der Waals surface area contributed by atoms with Gasteiger partial charge in [0.2, 0.25) is 0 Å². The van der Waals surface area contributed by atoms with Gasteiger partial charge in [0.25, 0.3) is 0 Å².